The van der Waals surface area contributed by atoms with Crippen LogP contribution in [0.15, 0.2) is 48.9 Å². The van der Waals surface area contributed by atoms with Crippen LogP contribution in [0, 0.1) is 6.92 Å². The van der Waals surface area contributed by atoms with Crippen LogP contribution < -0.4 is 10.1 Å². The molecule has 6 heteroatoms. The summed E-state index contributed by atoms with van der Waals surface area (Å²) < 4.78 is 9.34. The number of carbonyl (C=O) groups excluding carboxylic acids is 1. The van der Waals surface area contributed by atoms with Gasteiger partial charge in [0.05, 0.1) is 6.20 Å². The Labute approximate surface area is 128 Å². The number of nitrogens with one attached hydrogen (secondary N) is 1. The fraction of sp³-hybridized carbons (Fsp3) is 0.250. The van der Waals surface area contributed by atoms with E-state index in [1.807, 2.05) is 54.2 Å². The van der Waals surface area contributed by atoms with Crippen molar-refractivity contribution in [2.75, 3.05) is 13.2 Å². The fourth-order valence-corrected chi connectivity index (χ4v) is 2.29. The van der Waals surface area contributed by atoms with E-state index in [2.05, 4.69) is 10.4 Å². The molecule has 114 valence electrons. The van der Waals surface area contributed by atoms with Crippen molar-refractivity contribution >= 4 is 11.6 Å². The van der Waals surface area contributed by atoms with Crippen LogP contribution in [0.2, 0.25) is 0 Å². The minimum atomic E-state index is -0.125. The van der Waals surface area contributed by atoms with Crippen molar-refractivity contribution in [1.82, 2.24) is 19.5 Å². The molecule has 0 atom stereocenters. The molecule has 0 spiro atoms. The van der Waals surface area contributed by atoms with E-state index in [0.29, 0.717) is 13.1 Å². The third kappa shape index (κ3) is 3.11. The maximum absolute atomic E-state index is 11.8. The monoisotopic (exact) mass is 298 g/mol. The molecule has 2 heterocycles. The van der Waals surface area contributed by atoms with Gasteiger partial charge in [-0.15, -0.1) is 0 Å². The van der Waals surface area contributed by atoms with Gasteiger partial charge in [-0.1, -0.05) is 18.2 Å². The molecule has 0 aliphatic carbocycles. The Morgan fingerprint density at radius 1 is 1.27 bits per heavy atom. The van der Waals surface area contributed by atoms with E-state index in [4.69, 9.17) is 4.74 Å². The third-order valence-corrected chi connectivity index (χ3v) is 3.46. The average molecular weight is 298 g/mol. The van der Waals surface area contributed by atoms with Crippen molar-refractivity contribution in [3.8, 4) is 5.75 Å². The second-order valence-corrected chi connectivity index (χ2v) is 5.03. The van der Waals surface area contributed by atoms with Gasteiger partial charge in [-0.25, -0.2) is 4.52 Å². The molecule has 0 aliphatic rings. The standard InChI is InChI=1S/C16H18N4O2/c1-13-4-2-3-5-14(13)22-12-15(21)17-8-9-19-10-11-20-16(19)6-7-18-20/h2-7,10-11H,8-9,12H2,1H3,(H,17,21). The zero-order chi connectivity index (χ0) is 15.4. The van der Waals surface area contributed by atoms with Crippen molar-refractivity contribution in [3.05, 3.63) is 54.5 Å². The summed E-state index contributed by atoms with van der Waals surface area (Å²) in [7, 11) is 0. The molecule has 0 bridgehead atoms. The van der Waals surface area contributed by atoms with E-state index < -0.39 is 0 Å². The topological polar surface area (TPSA) is 60.6 Å². The predicted molar refractivity (Wildman–Crippen MR) is 82.9 cm³/mol. The first-order valence-electron chi connectivity index (χ1n) is 7.17. The summed E-state index contributed by atoms with van der Waals surface area (Å²) in [6, 6.07) is 9.58. The molecule has 0 saturated carbocycles. The van der Waals surface area contributed by atoms with Crippen LogP contribution in [-0.4, -0.2) is 33.2 Å². The lowest BCUT2D eigenvalue weighted by Gasteiger charge is -2.09. The van der Waals surface area contributed by atoms with Crippen molar-refractivity contribution in [1.29, 1.82) is 0 Å². The van der Waals surface area contributed by atoms with Crippen LogP contribution in [0.1, 0.15) is 5.56 Å². The molecule has 2 aromatic heterocycles. The van der Waals surface area contributed by atoms with Gasteiger partial charge in [-0.05, 0) is 18.6 Å². The van der Waals surface area contributed by atoms with Crippen molar-refractivity contribution in [2.24, 2.45) is 0 Å². The van der Waals surface area contributed by atoms with Crippen LogP contribution in [0.25, 0.3) is 5.65 Å². The minimum absolute atomic E-state index is 0.0264. The number of aryl methyl sites for hydroxylation is 1. The molecule has 0 radical (unpaired) electrons. The van der Waals surface area contributed by atoms with Gasteiger partial charge >= 0.3 is 0 Å². The van der Waals surface area contributed by atoms with Gasteiger partial charge in [0.25, 0.3) is 5.91 Å². The lowest BCUT2D eigenvalue weighted by atomic mass is 10.2. The summed E-state index contributed by atoms with van der Waals surface area (Å²) in [5, 5.41) is 7.00. The van der Waals surface area contributed by atoms with E-state index in [0.717, 1.165) is 17.0 Å². The van der Waals surface area contributed by atoms with Gasteiger partial charge in [-0.3, -0.25) is 4.79 Å². The summed E-state index contributed by atoms with van der Waals surface area (Å²) in [6.07, 6.45) is 5.58. The molecule has 3 rings (SSSR count). The number of imidazole rings is 1. The van der Waals surface area contributed by atoms with Crippen LogP contribution in [0.5, 0.6) is 5.75 Å². The first kappa shape index (κ1) is 14.2. The number of amides is 1. The molecule has 1 N–H and O–H groups in total. The highest BCUT2D eigenvalue weighted by Crippen LogP contribution is 2.15. The van der Waals surface area contributed by atoms with Gasteiger partial charge in [0.1, 0.15) is 11.4 Å². The zero-order valence-corrected chi connectivity index (χ0v) is 12.4. The van der Waals surface area contributed by atoms with E-state index in [-0.39, 0.29) is 12.5 Å². The highest BCUT2D eigenvalue weighted by atomic mass is 16.5. The van der Waals surface area contributed by atoms with Gasteiger partial charge in [0.15, 0.2) is 6.61 Å². The largest absolute Gasteiger partial charge is 0.484 e. The number of nitrogens with zero attached hydrogens (tertiary/aromatic N) is 3. The number of para-hydroxylation sites is 1. The summed E-state index contributed by atoms with van der Waals surface area (Å²) in [5.74, 6) is 0.615. The molecular weight excluding hydrogens is 280 g/mol. The molecule has 0 aliphatic heterocycles. The Hall–Kier alpha value is -2.76. The second-order valence-electron chi connectivity index (χ2n) is 5.03. The van der Waals surface area contributed by atoms with Crippen LogP contribution in [-0.2, 0) is 11.3 Å². The Kier molecular flexibility index (Phi) is 4.09. The first-order chi connectivity index (χ1) is 10.7. The van der Waals surface area contributed by atoms with E-state index >= 15 is 0 Å². The predicted octanol–water partition coefficient (Wildman–Crippen LogP) is 1.64. The zero-order valence-electron chi connectivity index (χ0n) is 12.4. The van der Waals surface area contributed by atoms with Gasteiger partial charge in [-0.2, -0.15) is 5.10 Å². The fourth-order valence-electron chi connectivity index (χ4n) is 2.29. The van der Waals surface area contributed by atoms with Crippen molar-refractivity contribution in [2.45, 2.75) is 13.5 Å². The van der Waals surface area contributed by atoms with Gasteiger partial charge in [0.2, 0.25) is 0 Å². The number of carbonyl (C=O) groups is 1. The van der Waals surface area contributed by atoms with E-state index in [9.17, 15) is 4.79 Å². The van der Waals surface area contributed by atoms with E-state index in [1.54, 1.807) is 10.7 Å². The number of rotatable bonds is 6. The number of hydrogen-bond donors (Lipinski definition) is 1. The molecular formula is C16H18N4O2. The minimum Gasteiger partial charge on any atom is -0.484 e. The molecule has 22 heavy (non-hydrogen) atoms. The summed E-state index contributed by atoms with van der Waals surface area (Å²) >= 11 is 0. The normalized spacial score (nSPS) is 10.8. The molecule has 3 aromatic rings. The Balaban J connectivity index is 1.45. The van der Waals surface area contributed by atoms with Gasteiger partial charge in [0, 0.05) is 31.5 Å². The molecule has 1 aromatic carbocycles. The van der Waals surface area contributed by atoms with Gasteiger partial charge < -0.3 is 14.6 Å². The SMILES string of the molecule is Cc1ccccc1OCC(=O)NCCn1ccn2nccc12. The summed E-state index contributed by atoms with van der Waals surface area (Å²) in [4.78, 5) is 11.8. The highest BCUT2D eigenvalue weighted by molar-refractivity contribution is 5.77. The number of fused-ring (bicyclic) bond motifs is 1. The second kappa shape index (κ2) is 6.34. The first-order valence-corrected chi connectivity index (χ1v) is 7.17. The highest BCUT2D eigenvalue weighted by Gasteiger charge is 2.05. The average Bonchev–Trinajstić information content (AvgIpc) is 3.11. The van der Waals surface area contributed by atoms with Crippen LogP contribution in [0.4, 0.5) is 0 Å². The number of ether oxygens (including phenoxy) is 1. The van der Waals surface area contributed by atoms with Crippen LogP contribution in [0.3, 0.4) is 0 Å². The summed E-state index contributed by atoms with van der Waals surface area (Å²) in [6.45, 7) is 3.22. The third-order valence-electron chi connectivity index (χ3n) is 3.46. The Bertz CT molecular complexity index is 775. The van der Waals surface area contributed by atoms with Crippen molar-refractivity contribution < 1.29 is 9.53 Å². The maximum Gasteiger partial charge on any atom is 0.258 e. The quantitative estimate of drug-likeness (QED) is 0.752. The Morgan fingerprint density at radius 2 is 2.14 bits per heavy atom. The molecule has 1 amide bonds. The lowest BCUT2D eigenvalue weighted by Crippen LogP contribution is -2.31. The number of aromatic nitrogens is 3. The number of benzene rings is 1. The number of hydrogen-bond acceptors (Lipinski definition) is 3. The lowest BCUT2D eigenvalue weighted by molar-refractivity contribution is -0.123. The molecule has 0 unspecified atom stereocenters. The van der Waals surface area contributed by atoms with Crippen molar-refractivity contribution in [3.63, 3.8) is 0 Å². The molecule has 0 fully saturated rings. The van der Waals surface area contributed by atoms with E-state index in [1.165, 1.54) is 0 Å². The Morgan fingerprint density at radius 3 is 3.00 bits per heavy atom. The van der Waals surface area contributed by atoms with Crippen LogP contribution >= 0.6 is 0 Å². The summed E-state index contributed by atoms with van der Waals surface area (Å²) in [5.41, 5.74) is 2.02. The molecule has 0 saturated heterocycles. The smallest absolute Gasteiger partial charge is 0.258 e. The molecule has 6 nitrogen and oxygen atoms in total. The maximum atomic E-state index is 11.8.